The predicted molar refractivity (Wildman–Crippen MR) is 51.5 cm³/mol. The van der Waals surface area contributed by atoms with Crippen LogP contribution in [0.5, 0.6) is 0 Å². The van der Waals surface area contributed by atoms with Crippen LogP contribution >= 0.6 is 0 Å². The molecule has 0 radical (unpaired) electrons. The summed E-state index contributed by atoms with van der Waals surface area (Å²) in [5.74, 6) is 0.913. The van der Waals surface area contributed by atoms with Crippen LogP contribution in [0.1, 0.15) is 18.7 Å². The summed E-state index contributed by atoms with van der Waals surface area (Å²) in [6.07, 6.45) is 0. The van der Waals surface area contributed by atoms with Gasteiger partial charge in [-0.2, -0.15) is 0 Å². The highest BCUT2D eigenvalue weighted by atomic mass is 16.3. The maximum Gasteiger partial charge on any atom is 0.199 e. The first-order valence-corrected chi connectivity index (χ1v) is 4.37. The minimum Gasteiger partial charge on any atom is -0.440 e. The molecule has 0 spiro atoms. The van der Waals surface area contributed by atoms with E-state index in [2.05, 4.69) is 4.98 Å². The fourth-order valence-corrected chi connectivity index (χ4v) is 1.20. The van der Waals surface area contributed by atoms with Crippen molar-refractivity contribution in [3.63, 3.8) is 0 Å². The first-order valence-electron chi connectivity index (χ1n) is 4.37. The van der Waals surface area contributed by atoms with E-state index in [1.54, 1.807) is 0 Å². The van der Waals surface area contributed by atoms with E-state index in [-0.39, 0.29) is 5.92 Å². The van der Waals surface area contributed by atoms with Crippen molar-refractivity contribution < 1.29 is 4.42 Å². The van der Waals surface area contributed by atoms with Crippen LogP contribution in [0.2, 0.25) is 0 Å². The van der Waals surface area contributed by atoms with Crippen molar-refractivity contribution in [2.45, 2.75) is 12.8 Å². The molecule has 0 saturated carbocycles. The molecule has 3 heteroatoms. The molecule has 0 unspecified atom stereocenters. The Bertz CT molecular complexity index is 375. The Labute approximate surface area is 76.6 Å². The van der Waals surface area contributed by atoms with Gasteiger partial charge in [-0.1, -0.05) is 19.1 Å². The van der Waals surface area contributed by atoms with Gasteiger partial charge in [0.15, 0.2) is 11.5 Å². The van der Waals surface area contributed by atoms with Crippen LogP contribution in [0, 0.1) is 0 Å². The van der Waals surface area contributed by atoms with E-state index in [0.717, 1.165) is 17.0 Å². The van der Waals surface area contributed by atoms with Crippen LogP contribution in [-0.2, 0) is 0 Å². The van der Waals surface area contributed by atoms with Gasteiger partial charge in [-0.25, -0.2) is 4.98 Å². The van der Waals surface area contributed by atoms with E-state index in [0.29, 0.717) is 6.54 Å². The largest absolute Gasteiger partial charge is 0.440 e. The number of fused-ring (bicyclic) bond motifs is 1. The number of para-hydroxylation sites is 2. The summed E-state index contributed by atoms with van der Waals surface area (Å²) in [6.45, 7) is 2.57. The number of rotatable bonds is 2. The van der Waals surface area contributed by atoms with Crippen molar-refractivity contribution in [1.82, 2.24) is 4.98 Å². The summed E-state index contributed by atoms with van der Waals surface area (Å²) in [5, 5.41) is 0. The van der Waals surface area contributed by atoms with Gasteiger partial charge in [0.05, 0.1) is 0 Å². The second-order valence-corrected chi connectivity index (χ2v) is 3.16. The summed E-state index contributed by atoms with van der Waals surface area (Å²) in [4.78, 5) is 4.34. The van der Waals surface area contributed by atoms with Gasteiger partial charge in [0.2, 0.25) is 0 Å². The average molecular weight is 176 g/mol. The van der Waals surface area contributed by atoms with Gasteiger partial charge in [-0.15, -0.1) is 0 Å². The van der Waals surface area contributed by atoms with Crippen LogP contribution < -0.4 is 5.73 Å². The van der Waals surface area contributed by atoms with Gasteiger partial charge in [0.25, 0.3) is 0 Å². The fraction of sp³-hybridized carbons (Fsp3) is 0.300. The molecule has 0 aliphatic rings. The third-order valence-corrected chi connectivity index (χ3v) is 2.09. The summed E-state index contributed by atoms with van der Waals surface area (Å²) in [7, 11) is 0. The lowest BCUT2D eigenvalue weighted by Gasteiger charge is -1.99. The predicted octanol–water partition coefficient (Wildman–Crippen LogP) is 1.89. The Morgan fingerprint density at radius 3 is 2.92 bits per heavy atom. The molecule has 1 aromatic carbocycles. The molecule has 3 nitrogen and oxygen atoms in total. The summed E-state index contributed by atoms with van der Waals surface area (Å²) < 4.78 is 5.53. The molecule has 1 heterocycles. The van der Waals surface area contributed by atoms with Gasteiger partial charge >= 0.3 is 0 Å². The molecule has 0 aliphatic heterocycles. The number of hydrogen-bond donors (Lipinski definition) is 1. The smallest absolute Gasteiger partial charge is 0.199 e. The molecule has 1 atom stereocenters. The Morgan fingerprint density at radius 1 is 1.46 bits per heavy atom. The third kappa shape index (κ3) is 1.42. The molecule has 0 saturated heterocycles. The molecule has 2 aromatic rings. The highest BCUT2D eigenvalue weighted by Crippen LogP contribution is 2.19. The Hall–Kier alpha value is -1.35. The van der Waals surface area contributed by atoms with E-state index in [1.165, 1.54) is 0 Å². The zero-order valence-corrected chi connectivity index (χ0v) is 7.53. The van der Waals surface area contributed by atoms with Crippen molar-refractivity contribution >= 4 is 11.1 Å². The first kappa shape index (κ1) is 8.26. The lowest BCUT2D eigenvalue weighted by atomic mass is 10.2. The second-order valence-electron chi connectivity index (χ2n) is 3.16. The Kier molecular flexibility index (Phi) is 2.02. The van der Waals surface area contributed by atoms with Crippen LogP contribution in [0.15, 0.2) is 28.7 Å². The lowest BCUT2D eigenvalue weighted by molar-refractivity contribution is 0.489. The van der Waals surface area contributed by atoms with Gasteiger partial charge in [-0.3, -0.25) is 0 Å². The number of benzene rings is 1. The second kappa shape index (κ2) is 3.18. The van der Waals surface area contributed by atoms with E-state index in [9.17, 15) is 0 Å². The van der Waals surface area contributed by atoms with Gasteiger partial charge in [-0.05, 0) is 12.1 Å². The minimum absolute atomic E-state index is 0.187. The maximum atomic E-state index is 5.53. The topological polar surface area (TPSA) is 52.0 Å². The Balaban J connectivity index is 2.49. The average Bonchev–Trinajstić information content (AvgIpc) is 2.59. The zero-order chi connectivity index (χ0) is 9.26. The van der Waals surface area contributed by atoms with Gasteiger partial charge in [0, 0.05) is 12.5 Å². The van der Waals surface area contributed by atoms with Crippen LogP contribution in [-0.4, -0.2) is 11.5 Å². The standard InChI is InChI=1S/C10H12N2O/c1-7(6-11)10-12-8-4-2-3-5-9(8)13-10/h2-5,7H,6,11H2,1H3/t7-/m1/s1. The summed E-state index contributed by atoms with van der Waals surface area (Å²) >= 11 is 0. The lowest BCUT2D eigenvalue weighted by Crippen LogP contribution is -2.08. The number of oxazole rings is 1. The van der Waals surface area contributed by atoms with E-state index < -0.39 is 0 Å². The molecule has 0 fully saturated rings. The molecular weight excluding hydrogens is 164 g/mol. The maximum absolute atomic E-state index is 5.53. The minimum atomic E-state index is 0.187. The monoisotopic (exact) mass is 176 g/mol. The van der Waals surface area contributed by atoms with Crippen LogP contribution in [0.25, 0.3) is 11.1 Å². The SMILES string of the molecule is C[C@H](CN)c1nc2ccccc2o1. The molecular formula is C10H12N2O. The van der Waals surface area contributed by atoms with Crippen molar-refractivity contribution in [3.8, 4) is 0 Å². The highest BCUT2D eigenvalue weighted by molar-refractivity contribution is 5.72. The quantitative estimate of drug-likeness (QED) is 0.760. The van der Waals surface area contributed by atoms with Crippen LogP contribution in [0.4, 0.5) is 0 Å². The van der Waals surface area contributed by atoms with Gasteiger partial charge in [0.1, 0.15) is 5.52 Å². The molecule has 68 valence electrons. The van der Waals surface area contributed by atoms with Crippen molar-refractivity contribution in [1.29, 1.82) is 0 Å². The van der Waals surface area contributed by atoms with Gasteiger partial charge < -0.3 is 10.2 Å². The number of nitrogens with two attached hydrogens (primary N) is 1. The fourth-order valence-electron chi connectivity index (χ4n) is 1.20. The molecule has 1 aromatic heterocycles. The normalized spacial score (nSPS) is 13.4. The van der Waals surface area contributed by atoms with E-state index >= 15 is 0 Å². The first-order chi connectivity index (χ1) is 6.31. The zero-order valence-electron chi connectivity index (χ0n) is 7.53. The molecule has 0 amide bonds. The highest BCUT2D eigenvalue weighted by Gasteiger charge is 2.10. The molecule has 13 heavy (non-hydrogen) atoms. The Morgan fingerprint density at radius 2 is 2.23 bits per heavy atom. The summed E-state index contributed by atoms with van der Waals surface area (Å²) in [6, 6.07) is 7.73. The van der Waals surface area contributed by atoms with Crippen molar-refractivity contribution in [2.24, 2.45) is 5.73 Å². The third-order valence-electron chi connectivity index (χ3n) is 2.09. The summed E-state index contributed by atoms with van der Waals surface area (Å²) in [5.41, 5.74) is 7.26. The van der Waals surface area contributed by atoms with Crippen molar-refractivity contribution in [3.05, 3.63) is 30.2 Å². The molecule has 0 aliphatic carbocycles. The number of aromatic nitrogens is 1. The number of hydrogen-bond acceptors (Lipinski definition) is 3. The van der Waals surface area contributed by atoms with E-state index in [1.807, 2.05) is 31.2 Å². The molecule has 0 bridgehead atoms. The molecule has 2 N–H and O–H groups in total. The van der Waals surface area contributed by atoms with Crippen LogP contribution in [0.3, 0.4) is 0 Å². The van der Waals surface area contributed by atoms with Crippen molar-refractivity contribution in [2.75, 3.05) is 6.54 Å². The van der Waals surface area contributed by atoms with E-state index in [4.69, 9.17) is 10.2 Å². The number of nitrogens with zero attached hydrogens (tertiary/aromatic N) is 1. The molecule has 2 rings (SSSR count).